The van der Waals surface area contributed by atoms with Gasteiger partial charge in [0.15, 0.2) is 0 Å². The summed E-state index contributed by atoms with van der Waals surface area (Å²) in [6, 6.07) is 6.66. The second-order valence-corrected chi connectivity index (χ2v) is 6.27. The van der Waals surface area contributed by atoms with E-state index in [4.69, 9.17) is 10.5 Å². The van der Waals surface area contributed by atoms with Crippen molar-refractivity contribution in [3.05, 3.63) is 23.8 Å². The van der Waals surface area contributed by atoms with Gasteiger partial charge in [-0.05, 0) is 75.9 Å². The zero-order valence-corrected chi connectivity index (χ0v) is 12.5. The molecule has 1 aliphatic carbocycles. The lowest BCUT2D eigenvalue weighted by Gasteiger charge is -2.37. The molecule has 3 nitrogen and oxygen atoms in total. The van der Waals surface area contributed by atoms with E-state index in [0.717, 1.165) is 17.0 Å². The molecule has 0 radical (unpaired) electrons. The lowest BCUT2D eigenvalue weighted by molar-refractivity contribution is 0.0485. The normalized spacial score (nSPS) is 27.6. The standard InChI is InChI=1S/C17H26N2O/c1-13-12-14(8-9-15(13)18)20-17-7-3-2-6-16(17)19-10-4-5-11-19/h8-9,12,16-17H,2-7,10-11,18H2,1H3. The van der Waals surface area contributed by atoms with Gasteiger partial charge >= 0.3 is 0 Å². The van der Waals surface area contributed by atoms with E-state index in [1.54, 1.807) is 0 Å². The van der Waals surface area contributed by atoms with E-state index in [1.807, 2.05) is 19.1 Å². The summed E-state index contributed by atoms with van der Waals surface area (Å²) < 4.78 is 6.32. The summed E-state index contributed by atoms with van der Waals surface area (Å²) in [4.78, 5) is 2.65. The summed E-state index contributed by atoms with van der Waals surface area (Å²) in [5, 5.41) is 0. The first-order valence-corrected chi connectivity index (χ1v) is 8.01. The average molecular weight is 274 g/mol. The number of likely N-dealkylation sites (tertiary alicyclic amines) is 1. The molecule has 0 aromatic heterocycles. The molecule has 0 spiro atoms. The Morgan fingerprint density at radius 1 is 1.10 bits per heavy atom. The molecular weight excluding hydrogens is 248 g/mol. The third-order valence-corrected chi connectivity index (χ3v) is 4.81. The van der Waals surface area contributed by atoms with Crippen LogP contribution in [0.25, 0.3) is 0 Å². The van der Waals surface area contributed by atoms with Crippen molar-refractivity contribution >= 4 is 5.69 Å². The molecule has 20 heavy (non-hydrogen) atoms. The van der Waals surface area contributed by atoms with E-state index in [-0.39, 0.29) is 0 Å². The average Bonchev–Trinajstić information content (AvgIpc) is 2.97. The van der Waals surface area contributed by atoms with Gasteiger partial charge in [-0.15, -0.1) is 0 Å². The topological polar surface area (TPSA) is 38.5 Å². The third kappa shape index (κ3) is 2.93. The predicted octanol–water partition coefficient (Wildman–Crippen LogP) is 3.36. The van der Waals surface area contributed by atoms with Crippen molar-refractivity contribution in [3.8, 4) is 5.75 Å². The van der Waals surface area contributed by atoms with Crippen LogP contribution in [0.2, 0.25) is 0 Å². The molecule has 3 rings (SSSR count). The molecule has 1 aliphatic heterocycles. The van der Waals surface area contributed by atoms with Crippen LogP contribution in [-0.2, 0) is 0 Å². The molecule has 1 saturated heterocycles. The van der Waals surface area contributed by atoms with E-state index in [2.05, 4.69) is 11.0 Å². The van der Waals surface area contributed by atoms with Gasteiger partial charge in [0.1, 0.15) is 11.9 Å². The fraction of sp³-hybridized carbons (Fsp3) is 0.647. The van der Waals surface area contributed by atoms with E-state index < -0.39 is 0 Å². The second kappa shape index (κ2) is 6.04. The number of nitrogen functional groups attached to an aromatic ring is 1. The molecule has 0 bridgehead atoms. The fourth-order valence-corrected chi connectivity index (χ4v) is 3.60. The Morgan fingerprint density at radius 2 is 1.85 bits per heavy atom. The van der Waals surface area contributed by atoms with E-state index in [1.165, 1.54) is 51.6 Å². The number of ether oxygens (including phenoxy) is 1. The minimum Gasteiger partial charge on any atom is -0.489 e. The molecule has 0 amide bonds. The number of nitrogens with zero attached hydrogens (tertiary/aromatic N) is 1. The molecule has 1 heterocycles. The molecule has 2 aliphatic rings. The molecule has 110 valence electrons. The highest BCUT2D eigenvalue weighted by atomic mass is 16.5. The van der Waals surface area contributed by atoms with Crippen molar-refractivity contribution < 1.29 is 4.74 Å². The summed E-state index contributed by atoms with van der Waals surface area (Å²) in [5.41, 5.74) is 7.84. The highest BCUT2D eigenvalue weighted by Gasteiger charge is 2.32. The lowest BCUT2D eigenvalue weighted by Crippen LogP contribution is -2.46. The van der Waals surface area contributed by atoms with E-state index in [9.17, 15) is 0 Å². The van der Waals surface area contributed by atoms with Crippen LogP contribution < -0.4 is 10.5 Å². The Labute approximate surface area is 122 Å². The number of hydrogen-bond donors (Lipinski definition) is 1. The Hall–Kier alpha value is -1.22. The maximum Gasteiger partial charge on any atom is 0.120 e. The van der Waals surface area contributed by atoms with Crippen molar-refractivity contribution in [3.63, 3.8) is 0 Å². The third-order valence-electron chi connectivity index (χ3n) is 4.81. The molecule has 2 atom stereocenters. The van der Waals surface area contributed by atoms with Crippen molar-refractivity contribution in [2.24, 2.45) is 0 Å². The van der Waals surface area contributed by atoms with Gasteiger partial charge in [0.25, 0.3) is 0 Å². The largest absolute Gasteiger partial charge is 0.489 e. The Bertz CT molecular complexity index is 454. The van der Waals surface area contributed by atoms with Gasteiger partial charge in [-0.3, -0.25) is 4.90 Å². The minimum absolute atomic E-state index is 0.352. The zero-order valence-electron chi connectivity index (χ0n) is 12.5. The molecule has 2 unspecified atom stereocenters. The van der Waals surface area contributed by atoms with E-state index in [0.29, 0.717) is 12.1 Å². The van der Waals surface area contributed by atoms with Gasteiger partial charge in [-0.2, -0.15) is 0 Å². The number of nitrogens with two attached hydrogens (primary N) is 1. The van der Waals surface area contributed by atoms with Gasteiger partial charge < -0.3 is 10.5 Å². The molecule has 1 aromatic rings. The molecule has 1 aromatic carbocycles. The number of benzene rings is 1. The maximum atomic E-state index is 6.32. The first-order valence-electron chi connectivity index (χ1n) is 8.01. The quantitative estimate of drug-likeness (QED) is 0.859. The fourth-order valence-electron chi connectivity index (χ4n) is 3.60. The van der Waals surface area contributed by atoms with Gasteiger partial charge in [0.05, 0.1) is 0 Å². The number of aryl methyl sites for hydroxylation is 1. The zero-order chi connectivity index (χ0) is 13.9. The van der Waals surface area contributed by atoms with Crippen molar-refractivity contribution in [2.75, 3.05) is 18.8 Å². The monoisotopic (exact) mass is 274 g/mol. The Morgan fingerprint density at radius 3 is 2.60 bits per heavy atom. The first kappa shape index (κ1) is 13.7. The molecule has 2 fully saturated rings. The summed E-state index contributed by atoms with van der Waals surface area (Å²) >= 11 is 0. The predicted molar refractivity (Wildman–Crippen MR) is 83.1 cm³/mol. The van der Waals surface area contributed by atoms with Crippen LogP contribution in [0.4, 0.5) is 5.69 Å². The highest BCUT2D eigenvalue weighted by molar-refractivity contribution is 5.49. The minimum atomic E-state index is 0.352. The van der Waals surface area contributed by atoms with Crippen molar-refractivity contribution in [1.29, 1.82) is 0 Å². The van der Waals surface area contributed by atoms with Crippen LogP contribution in [0.1, 0.15) is 44.1 Å². The summed E-state index contributed by atoms with van der Waals surface area (Å²) in [6.45, 7) is 4.55. The molecular formula is C17H26N2O. The van der Waals surface area contributed by atoms with Crippen LogP contribution in [-0.4, -0.2) is 30.1 Å². The van der Waals surface area contributed by atoms with Gasteiger partial charge in [-0.1, -0.05) is 6.42 Å². The van der Waals surface area contributed by atoms with Crippen molar-refractivity contribution in [1.82, 2.24) is 4.90 Å². The van der Waals surface area contributed by atoms with Crippen molar-refractivity contribution in [2.45, 2.75) is 57.6 Å². The number of rotatable bonds is 3. The SMILES string of the molecule is Cc1cc(OC2CCCCC2N2CCCC2)ccc1N. The molecule has 1 saturated carbocycles. The molecule has 3 heteroatoms. The first-order chi connectivity index (χ1) is 9.74. The summed E-state index contributed by atoms with van der Waals surface area (Å²) in [5.74, 6) is 0.979. The Balaban J connectivity index is 1.71. The summed E-state index contributed by atoms with van der Waals surface area (Å²) in [7, 11) is 0. The van der Waals surface area contributed by atoms with Crippen LogP contribution in [0, 0.1) is 6.92 Å². The Kier molecular flexibility index (Phi) is 4.16. The van der Waals surface area contributed by atoms with Crippen LogP contribution in [0.3, 0.4) is 0 Å². The van der Waals surface area contributed by atoms with Gasteiger partial charge in [0.2, 0.25) is 0 Å². The lowest BCUT2D eigenvalue weighted by atomic mass is 9.91. The second-order valence-electron chi connectivity index (χ2n) is 6.27. The molecule has 2 N–H and O–H groups in total. The summed E-state index contributed by atoms with van der Waals surface area (Å²) in [6.07, 6.45) is 8.17. The van der Waals surface area contributed by atoms with Gasteiger partial charge in [0, 0.05) is 11.7 Å². The smallest absolute Gasteiger partial charge is 0.120 e. The highest BCUT2D eigenvalue weighted by Crippen LogP contribution is 2.30. The number of hydrogen-bond acceptors (Lipinski definition) is 3. The maximum absolute atomic E-state index is 6.32. The van der Waals surface area contributed by atoms with E-state index >= 15 is 0 Å². The van der Waals surface area contributed by atoms with Crippen LogP contribution >= 0.6 is 0 Å². The van der Waals surface area contributed by atoms with Crippen LogP contribution in [0.15, 0.2) is 18.2 Å². The number of anilines is 1. The van der Waals surface area contributed by atoms with Crippen LogP contribution in [0.5, 0.6) is 5.75 Å². The van der Waals surface area contributed by atoms with Gasteiger partial charge in [-0.25, -0.2) is 0 Å².